The van der Waals surface area contributed by atoms with Gasteiger partial charge in [-0.05, 0) is 29.8 Å². The van der Waals surface area contributed by atoms with Gasteiger partial charge in [-0.15, -0.1) is 0 Å². The minimum Gasteiger partial charge on any atom is -0.385 e. The van der Waals surface area contributed by atoms with Gasteiger partial charge >= 0.3 is 6.03 Å². The van der Waals surface area contributed by atoms with Crippen LogP contribution in [0.1, 0.15) is 11.6 Å². The summed E-state index contributed by atoms with van der Waals surface area (Å²) in [7, 11) is 0. The molecule has 120 valence electrons. The van der Waals surface area contributed by atoms with Gasteiger partial charge in [0.2, 0.25) is 0 Å². The number of para-hydroxylation sites is 1. The average Bonchev–Trinajstić information content (AvgIpc) is 2.92. The summed E-state index contributed by atoms with van der Waals surface area (Å²) >= 11 is 5.95. The number of nitrogens with zero attached hydrogens (tertiary/aromatic N) is 3. The Morgan fingerprint density at radius 1 is 1.08 bits per heavy atom. The summed E-state index contributed by atoms with van der Waals surface area (Å²) < 4.78 is 0. The number of hydrogen-bond acceptors (Lipinski definition) is 4. The molecule has 2 aromatic rings. The largest absolute Gasteiger partial charge is 0.385 e. The van der Waals surface area contributed by atoms with Crippen molar-refractivity contribution in [3.8, 4) is 0 Å². The molecule has 4 rings (SSSR count). The first kappa shape index (κ1) is 14.7. The highest BCUT2D eigenvalue weighted by atomic mass is 35.5. The van der Waals surface area contributed by atoms with Crippen LogP contribution < -0.4 is 16.1 Å². The van der Waals surface area contributed by atoms with Gasteiger partial charge in [0.1, 0.15) is 17.6 Å². The van der Waals surface area contributed by atoms with E-state index in [2.05, 4.69) is 15.4 Å². The van der Waals surface area contributed by atoms with Gasteiger partial charge in [-0.3, -0.25) is 0 Å². The number of nitrogens with two attached hydrogens (primary N) is 1. The highest BCUT2D eigenvalue weighted by molar-refractivity contribution is 6.30. The third kappa shape index (κ3) is 2.41. The van der Waals surface area contributed by atoms with E-state index in [4.69, 9.17) is 17.3 Å². The molecule has 0 fully saturated rings. The Kier molecular flexibility index (Phi) is 3.46. The van der Waals surface area contributed by atoms with E-state index in [1.165, 1.54) is 0 Å². The smallest absolute Gasteiger partial charge is 0.343 e. The maximum atomic E-state index is 12.1. The molecule has 2 atom stereocenters. The summed E-state index contributed by atoms with van der Waals surface area (Å²) in [6.45, 7) is 0. The van der Waals surface area contributed by atoms with Crippen LogP contribution in [-0.4, -0.2) is 17.7 Å². The molecule has 24 heavy (non-hydrogen) atoms. The Hall–Kier alpha value is -2.86. The van der Waals surface area contributed by atoms with Crippen LogP contribution in [0.3, 0.4) is 0 Å². The minimum atomic E-state index is -0.410. The lowest BCUT2D eigenvalue weighted by atomic mass is 9.90. The molecule has 0 spiro atoms. The molecule has 6 nitrogen and oxygen atoms in total. The first-order chi connectivity index (χ1) is 11.6. The van der Waals surface area contributed by atoms with E-state index in [0.29, 0.717) is 16.7 Å². The molecule has 0 aromatic heterocycles. The minimum absolute atomic E-state index is 0.316. The summed E-state index contributed by atoms with van der Waals surface area (Å²) in [4.78, 5) is 16.2. The molecule has 0 saturated heterocycles. The van der Waals surface area contributed by atoms with Crippen molar-refractivity contribution in [1.82, 2.24) is 5.32 Å². The Balaban J connectivity index is 1.76. The zero-order chi connectivity index (χ0) is 16.7. The zero-order valence-electron chi connectivity index (χ0n) is 12.6. The first-order valence-corrected chi connectivity index (χ1v) is 7.85. The number of amides is 2. The molecule has 2 aliphatic rings. The van der Waals surface area contributed by atoms with Crippen molar-refractivity contribution in [2.45, 2.75) is 6.04 Å². The molecular weight excluding hydrogens is 326 g/mol. The number of nitrogens with one attached hydrogen (secondary N) is 1. The lowest BCUT2D eigenvalue weighted by Gasteiger charge is -2.29. The van der Waals surface area contributed by atoms with Gasteiger partial charge in [-0.1, -0.05) is 41.9 Å². The number of hydrazone groups is 1. The van der Waals surface area contributed by atoms with Gasteiger partial charge in [0.15, 0.2) is 0 Å². The van der Waals surface area contributed by atoms with Gasteiger partial charge in [-0.25, -0.2) is 9.80 Å². The van der Waals surface area contributed by atoms with Crippen molar-refractivity contribution in [2.75, 3.05) is 5.01 Å². The number of amidine groups is 2. The SMILES string of the molecule is NC1=NN(c2ccccc2)C2=NC(=O)NC(c3ccc(Cl)cc3)C12. The summed E-state index contributed by atoms with van der Waals surface area (Å²) in [5.74, 6) is 0.629. The average molecular weight is 340 g/mol. The van der Waals surface area contributed by atoms with Crippen molar-refractivity contribution in [2.24, 2.45) is 21.7 Å². The lowest BCUT2D eigenvalue weighted by molar-refractivity contribution is 0.242. The predicted molar refractivity (Wildman–Crippen MR) is 94.2 cm³/mol. The molecule has 2 aliphatic heterocycles. The van der Waals surface area contributed by atoms with E-state index in [9.17, 15) is 4.79 Å². The van der Waals surface area contributed by atoms with Gasteiger partial charge < -0.3 is 11.1 Å². The van der Waals surface area contributed by atoms with E-state index in [0.717, 1.165) is 11.3 Å². The Morgan fingerprint density at radius 3 is 2.50 bits per heavy atom. The van der Waals surface area contributed by atoms with E-state index < -0.39 is 6.03 Å². The molecule has 7 heteroatoms. The highest BCUT2D eigenvalue weighted by Gasteiger charge is 2.43. The quantitative estimate of drug-likeness (QED) is 0.882. The maximum absolute atomic E-state index is 12.1. The van der Waals surface area contributed by atoms with E-state index in [1.54, 1.807) is 17.1 Å². The predicted octanol–water partition coefficient (Wildman–Crippen LogP) is 2.91. The Morgan fingerprint density at radius 2 is 1.79 bits per heavy atom. The number of benzene rings is 2. The summed E-state index contributed by atoms with van der Waals surface area (Å²) in [5.41, 5.74) is 7.88. The second kappa shape index (κ2) is 5.65. The summed E-state index contributed by atoms with van der Waals surface area (Å²) in [6, 6.07) is 16.1. The molecule has 0 radical (unpaired) electrons. The van der Waals surface area contributed by atoms with Crippen molar-refractivity contribution < 1.29 is 4.79 Å². The van der Waals surface area contributed by atoms with Gasteiger partial charge in [0.05, 0.1) is 11.7 Å². The molecule has 2 heterocycles. The number of carbonyl (C=O) groups is 1. The molecule has 2 amide bonds. The molecule has 2 aromatic carbocycles. The van der Waals surface area contributed by atoms with Crippen LogP contribution in [0.5, 0.6) is 0 Å². The first-order valence-electron chi connectivity index (χ1n) is 7.47. The van der Waals surface area contributed by atoms with Gasteiger partial charge in [0.25, 0.3) is 0 Å². The number of rotatable bonds is 2. The van der Waals surface area contributed by atoms with Crippen LogP contribution in [0.2, 0.25) is 5.02 Å². The fourth-order valence-corrected chi connectivity index (χ4v) is 3.11. The van der Waals surface area contributed by atoms with Crippen molar-refractivity contribution in [3.05, 3.63) is 65.2 Å². The Bertz CT molecular complexity index is 847. The van der Waals surface area contributed by atoms with Crippen LogP contribution in [0.15, 0.2) is 64.7 Å². The Labute approximate surface area is 143 Å². The molecular formula is C17H14ClN5O. The van der Waals surface area contributed by atoms with Crippen LogP contribution in [0.25, 0.3) is 0 Å². The standard InChI is InChI=1S/C17H14ClN5O/c18-11-8-6-10(7-9-11)14-13-15(19)22-23(12-4-2-1-3-5-12)16(13)21-17(24)20-14/h1-9,13-14H,(H2,19,22)(H,20,24). The zero-order valence-corrected chi connectivity index (χ0v) is 13.3. The van der Waals surface area contributed by atoms with Crippen LogP contribution in [0, 0.1) is 5.92 Å². The van der Waals surface area contributed by atoms with Crippen LogP contribution in [0.4, 0.5) is 10.5 Å². The summed E-state index contributed by atoms with van der Waals surface area (Å²) in [5, 5.41) is 9.54. The number of urea groups is 1. The highest BCUT2D eigenvalue weighted by Crippen LogP contribution is 2.34. The molecule has 0 saturated carbocycles. The van der Waals surface area contributed by atoms with E-state index in [1.807, 2.05) is 42.5 Å². The van der Waals surface area contributed by atoms with Gasteiger partial charge in [-0.2, -0.15) is 10.1 Å². The number of halogens is 1. The van der Waals surface area contributed by atoms with Crippen molar-refractivity contribution in [3.63, 3.8) is 0 Å². The van der Waals surface area contributed by atoms with Crippen molar-refractivity contribution in [1.29, 1.82) is 0 Å². The second-order valence-electron chi connectivity index (χ2n) is 5.60. The molecule has 2 unspecified atom stereocenters. The maximum Gasteiger partial charge on any atom is 0.343 e. The molecule has 3 N–H and O–H groups in total. The van der Waals surface area contributed by atoms with E-state index >= 15 is 0 Å². The molecule has 0 aliphatic carbocycles. The normalized spacial score (nSPS) is 22.5. The number of carbonyl (C=O) groups excluding carboxylic acids is 1. The third-order valence-corrected chi connectivity index (χ3v) is 4.34. The number of hydrogen-bond donors (Lipinski definition) is 2. The monoisotopic (exact) mass is 339 g/mol. The summed E-state index contributed by atoms with van der Waals surface area (Å²) in [6.07, 6.45) is 0. The fraction of sp³-hybridized carbons (Fsp3) is 0.118. The third-order valence-electron chi connectivity index (χ3n) is 4.09. The van der Waals surface area contributed by atoms with E-state index in [-0.39, 0.29) is 12.0 Å². The fourth-order valence-electron chi connectivity index (χ4n) is 2.99. The van der Waals surface area contributed by atoms with Crippen LogP contribution in [-0.2, 0) is 0 Å². The number of fused-ring (bicyclic) bond motifs is 1. The number of aliphatic imine (C=N–C) groups is 1. The molecule has 0 bridgehead atoms. The van der Waals surface area contributed by atoms with Crippen molar-refractivity contribution >= 4 is 35.0 Å². The topological polar surface area (TPSA) is 83.1 Å². The van der Waals surface area contributed by atoms with Gasteiger partial charge in [0, 0.05) is 5.02 Å². The lowest BCUT2D eigenvalue weighted by Crippen LogP contribution is -2.46. The van der Waals surface area contributed by atoms with Crippen LogP contribution >= 0.6 is 11.6 Å². The number of anilines is 1. The second-order valence-corrected chi connectivity index (χ2v) is 6.04.